The van der Waals surface area contributed by atoms with Crippen LogP contribution in [0.3, 0.4) is 0 Å². The Balaban J connectivity index is 1.43. The van der Waals surface area contributed by atoms with Crippen molar-refractivity contribution in [2.24, 2.45) is 0 Å². The van der Waals surface area contributed by atoms with Crippen LogP contribution in [-0.4, -0.2) is 47.5 Å². The lowest BCUT2D eigenvalue weighted by atomic mass is 9.92. The molecule has 0 atom stereocenters. The molecule has 1 N–H and O–H groups in total. The summed E-state index contributed by atoms with van der Waals surface area (Å²) >= 11 is 0. The number of rotatable bonds is 5. The zero-order chi connectivity index (χ0) is 22.5. The molecule has 4 heterocycles. The van der Waals surface area contributed by atoms with Crippen LogP contribution < -0.4 is 5.32 Å². The van der Waals surface area contributed by atoms with Gasteiger partial charge in [-0.15, -0.1) is 5.10 Å². The molecule has 4 aromatic heterocycles. The molecule has 0 unspecified atom stereocenters. The van der Waals surface area contributed by atoms with Crippen molar-refractivity contribution in [2.75, 3.05) is 5.32 Å². The highest BCUT2D eigenvalue weighted by Crippen LogP contribution is 2.34. The van der Waals surface area contributed by atoms with E-state index in [1.54, 1.807) is 36.0 Å². The minimum absolute atomic E-state index is 0.0930. The quantitative estimate of drug-likeness (QED) is 0.449. The Bertz CT molecular complexity index is 1270. The van der Waals surface area contributed by atoms with Gasteiger partial charge in [0.05, 0.1) is 24.0 Å². The summed E-state index contributed by atoms with van der Waals surface area (Å²) in [6.45, 7) is 1.20. The molecule has 0 spiro atoms. The van der Waals surface area contributed by atoms with Crippen molar-refractivity contribution >= 4 is 22.6 Å². The molecule has 0 amide bonds. The topological polar surface area (TPSA) is 72.9 Å². The third kappa shape index (κ3) is 3.87. The Morgan fingerprint density at radius 2 is 1.94 bits per heavy atom. The molecule has 0 bridgehead atoms. The molecular formula is C21H21F4N7. The van der Waals surface area contributed by atoms with Gasteiger partial charge in [0.1, 0.15) is 11.3 Å². The molecule has 0 aromatic carbocycles. The third-order valence-corrected chi connectivity index (χ3v) is 5.85. The van der Waals surface area contributed by atoms with Crippen molar-refractivity contribution in [3.63, 3.8) is 0 Å². The average molecular weight is 447 g/mol. The lowest BCUT2D eigenvalue weighted by molar-refractivity contribution is -0.0361. The molecule has 4 aromatic rings. The molecule has 7 nitrogen and oxygen atoms in total. The normalized spacial score (nSPS) is 16.9. The summed E-state index contributed by atoms with van der Waals surface area (Å²) in [5.41, 5.74) is 2.98. The molecule has 1 aliphatic rings. The van der Waals surface area contributed by atoms with Gasteiger partial charge in [-0.25, -0.2) is 37.0 Å². The SMILES string of the molecule is Cc1nc2ccc(-c3ccn4nc(NC5CCC(F)(F)CC5)ncc34)nc2n1CC(F)F. The van der Waals surface area contributed by atoms with E-state index in [9.17, 15) is 17.6 Å². The second-order valence-electron chi connectivity index (χ2n) is 8.12. The predicted octanol–water partition coefficient (Wildman–Crippen LogP) is 4.70. The first-order chi connectivity index (χ1) is 15.3. The van der Waals surface area contributed by atoms with E-state index in [-0.39, 0.29) is 18.9 Å². The van der Waals surface area contributed by atoms with Gasteiger partial charge in [0.2, 0.25) is 11.9 Å². The van der Waals surface area contributed by atoms with E-state index in [0.29, 0.717) is 47.0 Å². The summed E-state index contributed by atoms with van der Waals surface area (Å²) in [4.78, 5) is 13.2. The van der Waals surface area contributed by atoms with Gasteiger partial charge in [-0.05, 0) is 38.0 Å². The fourth-order valence-electron chi connectivity index (χ4n) is 4.17. The maximum absolute atomic E-state index is 13.4. The van der Waals surface area contributed by atoms with Gasteiger partial charge >= 0.3 is 0 Å². The first-order valence-electron chi connectivity index (χ1n) is 10.4. The molecular weight excluding hydrogens is 426 g/mol. The number of hydrogen-bond donors (Lipinski definition) is 1. The van der Waals surface area contributed by atoms with Crippen molar-refractivity contribution in [3.05, 3.63) is 36.4 Å². The van der Waals surface area contributed by atoms with Crippen LogP contribution in [0.15, 0.2) is 30.6 Å². The number of anilines is 1. The van der Waals surface area contributed by atoms with E-state index in [0.717, 1.165) is 5.56 Å². The molecule has 1 saturated carbocycles. The van der Waals surface area contributed by atoms with E-state index >= 15 is 0 Å². The highest BCUT2D eigenvalue weighted by molar-refractivity contribution is 5.82. The number of alkyl halides is 4. The van der Waals surface area contributed by atoms with Crippen molar-refractivity contribution in [1.29, 1.82) is 0 Å². The monoisotopic (exact) mass is 447 g/mol. The Hall–Kier alpha value is -3.24. The fourth-order valence-corrected chi connectivity index (χ4v) is 4.17. The van der Waals surface area contributed by atoms with Crippen LogP contribution >= 0.6 is 0 Å². The number of aromatic nitrogens is 6. The summed E-state index contributed by atoms with van der Waals surface area (Å²) in [6, 6.07) is 5.27. The molecule has 0 radical (unpaired) electrons. The molecule has 1 fully saturated rings. The molecule has 5 rings (SSSR count). The summed E-state index contributed by atoms with van der Waals surface area (Å²) in [7, 11) is 0. The van der Waals surface area contributed by atoms with Crippen molar-refractivity contribution in [3.8, 4) is 11.3 Å². The number of aryl methyl sites for hydroxylation is 1. The standard InChI is InChI=1S/C21H21F4N7/c1-12-27-16-3-2-15(29-19(16)31(12)11-18(22)23)14-6-9-32-17(14)10-26-20(30-32)28-13-4-7-21(24,25)8-5-13/h2-3,6,9-10,13,18H,4-5,7-8,11H2,1H3,(H,28,30). The summed E-state index contributed by atoms with van der Waals surface area (Å²) < 4.78 is 55.8. The first kappa shape index (κ1) is 20.7. The Kier molecular flexibility index (Phi) is 4.98. The Labute approximate surface area is 180 Å². The lowest BCUT2D eigenvalue weighted by Crippen LogP contribution is -2.32. The van der Waals surface area contributed by atoms with Crippen LogP contribution in [0, 0.1) is 6.92 Å². The van der Waals surface area contributed by atoms with E-state index < -0.39 is 18.9 Å². The average Bonchev–Trinajstić information content (AvgIpc) is 3.29. The van der Waals surface area contributed by atoms with Crippen LogP contribution in [0.4, 0.5) is 23.5 Å². The molecule has 11 heteroatoms. The smallest absolute Gasteiger partial charge is 0.256 e. The highest BCUT2D eigenvalue weighted by Gasteiger charge is 2.35. The number of nitrogens with one attached hydrogen (secondary N) is 1. The minimum atomic E-state index is -2.59. The number of fused-ring (bicyclic) bond motifs is 2. The molecule has 1 aliphatic carbocycles. The molecule has 0 aliphatic heterocycles. The van der Waals surface area contributed by atoms with Gasteiger partial charge in [0.15, 0.2) is 5.65 Å². The fraction of sp³-hybridized carbons (Fsp3) is 0.429. The zero-order valence-electron chi connectivity index (χ0n) is 17.3. The number of pyridine rings is 1. The predicted molar refractivity (Wildman–Crippen MR) is 111 cm³/mol. The number of nitrogens with zero attached hydrogens (tertiary/aromatic N) is 6. The van der Waals surface area contributed by atoms with Gasteiger partial charge in [-0.1, -0.05) is 0 Å². The number of halogens is 4. The van der Waals surface area contributed by atoms with Crippen LogP contribution in [0.1, 0.15) is 31.5 Å². The Morgan fingerprint density at radius 1 is 1.16 bits per heavy atom. The second-order valence-corrected chi connectivity index (χ2v) is 8.12. The van der Waals surface area contributed by atoms with E-state index in [1.165, 1.54) is 4.57 Å². The van der Waals surface area contributed by atoms with Crippen LogP contribution in [0.25, 0.3) is 27.9 Å². The first-order valence-corrected chi connectivity index (χ1v) is 10.4. The van der Waals surface area contributed by atoms with Crippen LogP contribution in [0.2, 0.25) is 0 Å². The van der Waals surface area contributed by atoms with Gasteiger partial charge < -0.3 is 9.88 Å². The second kappa shape index (κ2) is 7.72. The van der Waals surface area contributed by atoms with E-state index in [1.807, 2.05) is 6.07 Å². The highest BCUT2D eigenvalue weighted by atomic mass is 19.3. The van der Waals surface area contributed by atoms with Gasteiger partial charge in [-0.2, -0.15) is 0 Å². The number of hydrogen-bond acceptors (Lipinski definition) is 5. The van der Waals surface area contributed by atoms with Gasteiger partial charge in [0.25, 0.3) is 6.43 Å². The number of imidazole rings is 1. The van der Waals surface area contributed by atoms with Gasteiger partial charge in [-0.3, -0.25) is 0 Å². The summed E-state index contributed by atoms with van der Waals surface area (Å²) in [5.74, 6) is -1.74. The summed E-state index contributed by atoms with van der Waals surface area (Å²) in [5, 5.41) is 7.58. The maximum Gasteiger partial charge on any atom is 0.256 e. The maximum atomic E-state index is 13.4. The van der Waals surface area contributed by atoms with E-state index in [4.69, 9.17) is 0 Å². The zero-order valence-corrected chi connectivity index (χ0v) is 17.3. The Morgan fingerprint density at radius 3 is 2.69 bits per heavy atom. The van der Waals surface area contributed by atoms with Gasteiger partial charge in [0, 0.05) is 30.6 Å². The molecule has 32 heavy (non-hydrogen) atoms. The molecule has 0 saturated heterocycles. The van der Waals surface area contributed by atoms with E-state index in [2.05, 4.69) is 25.4 Å². The molecule has 168 valence electrons. The van der Waals surface area contributed by atoms with Crippen molar-refractivity contribution in [2.45, 2.75) is 57.5 Å². The van der Waals surface area contributed by atoms with Crippen molar-refractivity contribution < 1.29 is 17.6 Å². The van der Waals surface area contributed by atoms with Crippen molar-refractivity contribution in [1.82, 2.24) is 29.1 Å². The lowest BCUT2D eigenvalue weighted by Gasteiger charge is -2.28. The largest absolute Gasteiger partial charge is 0.350 e. The minimum Gasteiger partial charge on any atom is -0.350 e. The van der Waals surface area contributed by atoms with Crippen LogP contribution in [0.5, 0.6) is 0 Å². The third-order valence-electron chi connectivity index (χ3n) is 5.85. The van der Waals surface area contributed by atoms with Crippen LogP contribution in [-0.2, 0) is 6.54 Å². The summed E-state index contributed by atoms with van der Waals surface area (Å²) in [6.07, 6.45) is 1.31.